The summed E-state index contributed by atoms with van der Waals surface area (Å²) in [5.74, 6) is 0.799. The summed E-state index contributed by atoms with van der Waals surface area (Å²) in [5.41, 5.74) is 2.37. The maximum absolute atomic E-state index is 5.87. The quantitative estimate of drug-likeness (QED) is 0.817. The van der Waals surface area contributed by atoms with Gasteiger partial charge in [0.15, 0.2) is 0 Å². The van der Waals surface area contributed by atoms with E-state index >= 15 is 0 Å². The van der Waals surface area contributed by atoms with Crippen LogP contribution in [-0.4, -0.2) is 13.2 Å². The molecule has 2 aromatic carbocycles. The fraction of sp³-hybridized carbons (Fsp3) is 0.200. The number of halogens is 1. The zero-order valence-corrected chi connectivity index (χ0v) is 11.1. The molecule has 0 fully saturated rings. The standard InChI is InChI=1S/C15H16ClNO/c1-12-5-7-14(8-6-12)17-9-10-18-15-4-2-3-13(16)11-15/h2-8,11,17H,9-10H2,1H3. The van der Waals surface area contributed by atoms with Crippen molar-refractivity contribution in [3.63, 3.8) is 0 Å². The van der Waals surface area contributed by atoms with E-state index in [0.717, 1.165) is 18.0 Å². The molecule has 0 radical (unpaired) electrons. The van der Waals surface area contributed by atoms with E-state index in [1.807, 2.05) is 24.3 Å². The lowest BCUT2D eigenvalue weighted by Gasteiger charge is -2.09. The van der Waals surface area contributed by atoms with Crippen molar-refractivity contribution in [3.05, 3.63) is 59.1 Å². The van der Waals surface area contributed by atoms with Gasteiger partial charge >= 0.3 is 0 Å². The Morgan fingerprint density at radius 1 is 1.11 bits per heavy atom. The molecule has 2 rings (SSSR count). The molecule has 0 bridgehead atoms. The summed E-state index contributed by atoms with van der Waals surface area (Å²) in [6.07, 6.45) is 0. The lowest BCUT2D eigenvalue weighted by atomic mass is 10.2. The molecule has 0 spiro atoms. The maximum Gasteiger partial charge on any atom is 0.120 e. The van der Waals surface area contributed by atoms with E-state index in [1.54, 1.807) is 0 Å². The molecule has 0 aromatic heterocycles. The van der Waals surface area contributed by atoms with E-state index in [-0.39, 0.29) is 0 Å². The van der Waals surface area contributed by atoms with Gasteiger partial charge in [0.05, 0.1) is 0 Å². The Labute approximate surface area is 113 Å². The van der Waals surface area contributed by atoms with Crippen molar-refractivity contribution in [2.75, 3.05) is 18.5 Å². The van der Waals surface area contributed by atoms with Gasteiger partial charge < -0.3 is 10.1 Å². The number of ether oxygens (including phenoxy) is 1. The Bertz CT molecular complexity index is 496. The molecule has 2 aromatic rings. The fourth-order valence-corrected chi connectivity index (χ4v) is 1.77. The van der Waals surface area contributed by atoms with Crippen LogP contribution in [0.2, 0.25) is 5.02 Å². The monoisotopic (exact) mass is 261 g/mol. The van der Waals surface area contributed by atoms with Gasteiger partial charge in [-0.2, -0.15) is 0 Å². The largest absolute Gasteiger partial charge is 0.492 e. The normalized spacial score (nSPS) is 10.1. The van der Waals surface area contributed by atoms with Crippen LogP contribution < -0.4 is 10.1 Å². The highest BCUT2D eigenvalue weighted by Crippen LogP contribution is 2.16. The van der Waals surface area contributed by atoms with Crippen LogP contribution in [0.5, 0.6) is 5.75 Å². The Hall–Kier alpha value is -1.67. The van der Waals surface area contributed by atoms with E-state index in [9.17, 15) is 0 Å². The summed E-state index contributed by atoms with van der Waals surface area (Å²) in [7, 11) is 0. The lowest BCUT2D eigenvalue weighted by molar-refractivity contribution is 0.333. The van der Waals surface area contributed by atoms with Gasteiger partial charge in [0.25, 0.3) is 0 Å². The second-order valence-electron chi connectivity index (χ2n) is 4.10. The first-order valence-electron chi connectivity index (χ1n) is 5.93. The van der Waals surface area contributed by atoms with Crippen LogP contribution in [0.25, 0.3) is 0 Å². The summed E-state index contributed by atoms with van der Waals surface area (Å²) in [5, 5.41) is 3.99. The first-order chi connectivity index (χ1) is 8.74. The molecule has 0 saturated heterocycles. The van der Waals surface area contributed by atoms with Gasteiger partial charge in [-0.3, -0.25) is 0 Å². The van der Waals surface area contributed by atoms with Gasteiger partial charge in [-0.15, -0.1) is 0 Å². The van der Waals surface area contributed by atoms with Gasteiger partial charge in [0, 0.05) is 17.3 Å². The third kappa shape index (κ3) is 3.97. The van der Waals surface area contributed by atoms with Crippen LogP contribution in [0.3, 0.4) is 0 Å². The second kappa shape index (κ2) is 6.31. The Kier molecular flexibility index (Phi) is 4.48. The number of benzene rings is 2. The highest BCUT2D eigenvalue weighted by molar-refractivity contribution is 6.30. The van der Waals surface area contributed by atoms with Gasteiger partial charge in [0.1, 0.15) is 12.4 Å². The van der Waals surface area contributed by atoms with E-state index < -0.39 is 0 Å². The minimum atomic E-state index is 0.605. The van der Waals surface area contributed by atoms with E-state index in [1.165, 1.54) is 5.56 Å². The Morgan fingerprint density at radius 3 is 2.61 bits per heavy atom. The smallest absolute Gasteiger partial charge is 0.120 e. The molecule has 0 saturated carbocycles. The SMILES string of the molecule is Cc1ccc(NCCOc2cccc(Cl)c2)cc1. The number of nitrogens with one attached hydrogen (secondary N) is 1. The summed E-state index contributed by atoms with van der Waals surface area (Å²) < 4.78 is 5.59. The number of rotatable bonds is 5. The highest BCUT2D eigenvalue weighted by atomic mass is 35.5. The van der Waals surface area contributed by atoms with Crippen LogP contribution >= 0.6 is 11.6 Å². The average molecular weight is 262 g/mol. The average Bonchev–Trinajstić information content (AvgIpc) is 2.37. The molecule has 18 heavy (non-hydrogen) atoms. The van der Waals surface area contributed by atoms with Crippen LogP contribution in [0.15, 0.2) is 48.5 Å². The van der Waals surface area contributed by atoms with Crippen LogP contribution in [-0.2, 0) is 0 Å². The molecule has 0 aliphatic rings. The van der Waals surface area contributed by atoms with Gasteiger partial charge in [-0.25, -0.2) is 0 Å². The minimum Gasteiger partial charge on any atom is -0.492 e. The van der Waals surface area contributed by atoms with E-state index in [0.29, 0.717) is 11.6 Å². The summed E-state index contributed by atoms with van der Waals surface area (Å²) in [4.78, 5) is 0. The molecule has 3 heteroatoms. The van der Waals surface area contributed by atoms with Crippen molar-refractivity contribution >= 4 is 17.3 Å². The van der Waals surface area contributed by atoms with Crippen LogP contribution in [0, 0.1) is 6.92 Å². The third-order valence-corrected chi connectivity index (χ3v) is 2.78. The van der Waals surface area contributed by atoms with Crippen molar-refractivity contribution in [2.45, 2.75) is 6.92 Å². The lowest BCUT2D eigenvalue weighted by Crippen LogP contribution is -2.11. The molecule has 0 amide bonds. The van der Waals surface area contributed by atoms with Crippen molar-refractivity contribution in [2.24, 2.45) is 0 Å². The van der Waals surface area contributed by atoms with Crippen molar-refractivity contribution in [1.29, 1.82) is 0 Å². The Balaban J connectivity index is 1.74. The number of hydrogen-bond donors (Lipinski definition) is 1. The molecule has 1 N–H and O–H groups in total. The van der Waals surface area contributed by atoms with Gasteiger partial charge in [-0.1, -0.05) is 35.4 Å². The van der Waals surface area contributed by atoms with Crippen LogP contribution in [0.4, 0.5) is 5.69 Å². The van der Waals surface area contributed by atoms with Crippen LogP contribution in [0.1, 0.15) is 5.56 Å². The first-order valence-corrected chi connectivity index (χ1v) is 6.31. The molecule has 0 unspecified atom stereocenters. The Morgan fingerprint density at radius 2 is 1.89 bits per heavy atom. The maximum atomic E-state index is 5.87. The van der Waals surface area contributed by atoms with Crippen molar-refractivity contribution < 1.29 is 4.74 Å². The molecule has 0 atom stereocenters. The second-order valence-corrected chi connectivity index (χ2v) is 4.54. The summed E-state index contributed by atoms with van der Waals surface area (Å²) >= 11 is 5.87. The topological polar surface area (TPSA) is 21.3 Å². The third-order valence-electron chi connectivity index (χ3n) is 2.55. The summed E-state index contributed by atoms with van der Waals surface area (Å²) in [6, 6.07) is 15.7. The zero-order valence-electron chi connectivity index (χ0n) is 10.3. The molecular weight excluding hydrogens is 246 g/mol. The van der Waals surface area contributed by atoms with E-state index in [4.69, 9.17) is 16.3 Å². The van der Waals surface area contributed by atoms with Gasteiger partial charge in [0.2, 0.25) is 0 Å². The minimum absolute atomic E-state index is 0.605. The highest BCUT2D eigenvalue weighted by Gasteiger charge is 1.95. The zero-order chi connectivity index (χ0) is 12.8. The molecule has 2 nitrogen and oxygen atoms in total. The molecular formula is C15H16ClNO. The predicted molar refractivity (Wildman–Crippen MR) is 76.6 cm³/mol. The fourth-order valence-electron chi connectivity index (χ4n) is 1.59. The molecule has 0 aliphatic heterocycles. The number of hydrogen-bond acceptors (Lipinski definition) is 2. The van der Waals surface area contributed by atoms with E-state index in [2.05, 4.69) is 36.5 Å². The van der Waals surface area contributed by atoms with Gasteiger partial charge in [-0.05, 0) is 37.3 Å². The number of aryl methyl sites for hydroxylation is 1. The summed E-state index contributed by atoms with van der Waals surface area (Å²) in [6.45, 7) is 3.44. The predicted octanol–water partition coefficient (Wildman–Crippen LogP) is 4.14. The molecule has 0 heterocycles. The molecule has 0 aliphatic carbocycles. The number of anilines is 1. The van der Waals surface area contributed by atoms with Crippen molar-refractivity contribution in [1.82, 2.24) is 0 Å². The van der Waals surface area contributed by atoms with Crippen molar-refractivity contribution in [3.8, 4) is 5.75 Å². The molecule has 94 valence electrons. The first kappa shape index (κ1) is 12.8.